The second-order valence-electron chi connectivity index (χ2n) is 6.36. The van der Waals surface area contributed by atoms with Crippen LogP contribution in [0.25, 0.3) is 0 Å². The number of hydrogen-bond donors (Lipinski definition) is 6. The Morgan fingerprint density at radius 1 is 1.07 bits per heavy atom. The van der Waals surface area contributed by atoms with E-state index in [0.717, 1.165) is 0 Å². The van der Waals surface area contributed by atoms with Gasteiger partial charge in [0.15, 0.2) is 17.8 Å². The van der Waals surface area contributed by atoms with Crippen LogP contribution in [0.1, 0.15) is 24.8 Å². The summed E-state index contributed by atoms with van der Waals surface area (Å²) in [6, 6.07) is 8.04. The number of carboxylic acids is 2. The highest BCUT2D eigenvalue weighted by atomic mass is 19.3. The van der Waals surface area contributed by atoms with E-state index in [2.05, 4.69) is 0 Å². The topological polar surface area (TPSA) is 178 Å². The van der Waals surface area contributed by atoms with Gasteiger partial charge >= 0.3 is 11.9 Å². The number of benzene rings is 1. The quantitative estimate of drug-likeness (QED) is 0.372. The van der Waals surface area contributed by atoms with E-state index in [4.69, 9.17) is 26.2 Å². The number of rotatable bonds is 6. The van der Waals surface area contributed by atoms with Crippen LogP contribution in [0.2, 0.25) is 0 Å². The molecule has 0 aliphatic heterocycles. The first-order valence-electron chi connectivity index (χ1n) is 8.10. The van der Waals surface area contributed by atoms with Crippen molar-refractivity contribution < 1.29 is 48.7 Å². The third kappa shape index (κ3) is 5.44. The second kappa shape index (κ2) is 9.04. The van der Waals surface area contributed by atoms with Gasteiger partial charge in [0, 0.05) is 18.8 Å². The molecule has 2 rings (SSSR count). The van der Waals surface area contributed by atoms with Crippen LogP contribution in [-0.4, -0.2) is 61.5 Å². The molecule has 11 heteroatoms. The molecular formula is C17H21F2NO8. The number of aliphatic hydroxyl groups is 3. The molecule has 28 heavy (non-hydrogen) atoms. The molecule has 1 aromatic rings. The average molecular weight is 405 g/mol. The summed E-state index contributed by atoms with van der Waals surface area (Å²) in [5, 5.41) is 43.0. The highest BCUT2D eigenvalue weighted by Gasteiger charge is 2.52. The lowest BCUT2D eigenvalue weighted by atomic mass is 9.79. The molecule has 4 atom stereocenters. The van der Waals surface area contributed by atoms with Crippen LogP contribution < -0.4 is 5.73 Å². The van der Waals surface area contributed by atoms with Crippen molar-refractivity contribution >= 4 is 17.8 Å². The van der Waals surface area contributed by atoms with Gasteiger partial charge in [0.05, 0.1) is 0 Å². The molecule has 4 unspecified atom stereocenters. The summed E-state index contributed by atoms with van der Waals surface area (Å²) in [5.74, 6) is -8.18. The van der Waals surface area contributed by atoms with Crippen molar-refractivity contribution in [2.75, 3.05) is 0 Å². The molecule has 7 N–H and O–H groups in total. The summed E-state index contributed by atoms with van der Waals surface area (Å²) in [6.45, 7) is 0. The third-order valence-electron chi connectivity index (χ3n) is 4.39. The van der Waals surface area contributed by atoms with Gasteiger partial charge in [0.2, 0.25) is 5.92 Å². The predicted octanol–water partition coefficient (Wildman–Crippen LogP) is -0.328. The fourth-order valence-electron chi connectivity index (χ4n) is 2.85. The molecule has 9 nitrogen and oxygen atoms in total. The average Bonchev–Trinajstić information content (AvgIpc) is 3.00. The van der Waals surface area contributed by atoms with Gasteiger partial charge in [-0.1, -0.05) is 30.3 Å². The second-order valence-corrected chi connectivity index (χ2v) is 6.36. The van der Waals surface area contributed by atoms with E-state index in [-0.39, 0.29) is 18.4 Å². The molecule has 1 aliphatic carbocycles. The van der Waals surface area contributed by atoms with E-state index in [9.17, 15) is 28.3 Å². The van der Waals surface area contributed by atoms with Crippen LogP contribution in [0.15, 0.2) is 30.3 Å². The Hall–Kier alpha value is -2.63. The molecular weight excluding hydrogens is 384 g/mol. The number of halogens is 2. The molecule has 1 aliphatic rings. The first kappa shape index (κ1) is 23.4. The van der Waals surface area contributed by atoms with Crippen LogP contribution in [0, 0.1) is 5.92 Å². The van der Waals surface area contributed by atoms with E-state index in [0.29, 0.717) is 0 Å². The van der Waals surface area contributed by atoms with Crippen LogP contribution in [-0.2, 0) is 20.0 Å². The Bertz CT molecular complexity index is 696. The molecule has 0 spiro atoms. The normalized spacial score (nSPS) is 22.1. The minimum absolute atomic E-state index is 0.0847. The Balaban J connectivity index is 0.000000336. The van der Waals surface area contributed by atoms with E-state index >= 15 is 0 Å². The number of aliphatic carboxylic acids is 2. The summed E-state index contributed by atoms with van der Waals surface area (Å²) in [4.78, 5) is 31.1. The van der Waals surface area contributed by atoms with Gasteiger partial charge in [0.25, 0.3) is 5.91 Å². The van der Waals surface area contributed by atoms with Gasteiger partial charge < -0.3 is 31.3 Å². The van der Waals surface area contributed by atoms with Crippen molar-refractivity contribution in [3.63, 3.8) is 0 Å². The minimum Gasteiger partial charge on any atom is -0.479 e. The predicted molar refractivity (Wildman–Crippen MR) is 89.1 cm³/mol. The standard InChI is InChI=1S/C13H15F2NO2.C4H6O6/c14-12(15)7-6-10(8-12)13(18,11(16)17)9-4-2-1-3-5-9;5-1(3(7)8)2(6)4(9)10/h1-5,10,18H,6-8H2,(H2,16,17);1-2,5-6H,(H,7,8)(H,9,10). The number of aliphatic hydroxyl groups excluding tert-OH is 2. The summed E-state index contributed by atoms with van der Waals surface area (Å²) in [6.07, 6.45) is -5.28. The first-order valence-corrected chi connectivity index (χ1v) is 8.10. The van der Waals surface area contributed by atoms with Gasteiger partial charge in [0.1, 0.15) is 0 Å². The fraction of sp³-hybridized carbons (Fsp3) is 0.471. The highest BCUT2D eigenvalue weighted by molar-refractivity contribution is 5.85. The number of carboxylic acid groups (broad SMARTS) is 2. The summed E-state index contributed by atoms with van der Waals surface area (Å²) in [5.41, 5.74) is 3.50. The fourth-order valence-corrected chi connectivity index (χ4v) is 2.85. The zero-order valence-electron chi connectivity index (χ0n) is 14.5. The van der Waals surface area contributed by atoms with Crippen molar-refractivity contribution in [1.29, 1.82) is 0 Å². The number of hydrogen-bond acceptors (Lipinski definition) is 6. The van der Waals surface area contributed by atoms with Crippen LogP contribution in [0.4, 0.5) is 8.78 Å². The van der Waals surface area contributed by atoms with Crippen molar-refractivity contribution in [2.45, 2.75) is 43.0 Å². The number of carbonyl (C=O) groups is 3. The van der Waals surface area contributed by atoms with Gasteiger partial charge in [-0.3, -0.25) is 4.79 Å². The largest absolute Gasteiger partial charge is 0.479 e. The zero-order chi connectivity index (χ0) is 21.7. The van der Waals surface area contributed by atoms with Gasteiger partial charge in [-0.05, 0) is 12.0 Å². The SMILES string of the molecule is NC(=O)C(O)(c1ccccc1)C1CCC(F)(F)C1.O=C(O)C(O)C(O)C(=O)O. The molecule has 1 aromatic carbocycles. The number of amides is 1. The maximum Gasteiger partial charge on any atom is 0.335 e. The Morgan fingerprint density at radius 2 is 1.54 bits per heavy atom. The molecule has 0 radical (unpaired) electrons. The number of alkyl halides is 2. The van der Waals surface area contributed by atoms with Gasteiger partial charge in [-0.15, -0.1) is 0 Å². The maximum absolute atomic E-state index is 13.2. The van der Waals surface area contributed by atoms with Crippen molar-refractivity contribution in [3.05, 3.63) is 35.9 Å². The first-order chi connectivity index (χ1) is 12.8. The zero-order valence-corrected chi connectivity index (χ0v) is 14.5. The third-order valence-corrected chi connectivity index (χ3v) is 4.39. The molecule has 156 valence electrons. The summed E-state index contributed by atoms with van der Waals surface area (Å²) < 4.78 is 26.5. The van der Waals surface area contributed by atoms with Crippen LogP contribution in [0.3, 0.4) is 0 Å². The van der Waals surface area contributed by atoms with Crippen molar-refractivity contribution in [1.82, 2.24) is 0 Å². The monoisotopic (exact) mass is 405 g/mol. The molecule has 1 amide bonds. The highest BCUT2D eigenvalue weighted by Crippen LogP contribution is 2.47. The number of nitrogens with two attached hydrogens (primary N) is 1. The Morgan fingerprint density at radius 3 is 1.86 bits per heavy atom. The Labute approximate surface area is 158 Å². The van der Waals surface area contributed by atoms with Crippen LogP contribution in [0.5, 0.6) is 0 Å². The lowest BCUT2D eigenvalue weighted by Gasteiger charge is -2.31. The van der Waals surface area contributed by atoms with E-state index < -0.39 is 53.9 Å². The van der Waals surface area contributed by atoms with Crippen molar-refractivity contribution in [2.24, 2.45) is 11.7 Å². The molecule has 1 saturated carbocycles. The maximum atomic E-state index is 13.2. The van der Waals surface area contributed by atoms with Gasteiger partial charge in [-0.2, -0.15) is 0 Å². The number of primary amides is 1. The summed E-state index contributed by atoms with van der Waals surface area (Å²) >= 11 is 0. The number of carbonyl (C=O) groups excluding carboxylic acids is 1. The molecule has 0 heterocycles. The van der Waals surface area contributed by atoms with Gasteiger partial charge in [-0.25, -0.2) is 18.4 Å². The lowest BCUT2D eigenvalue weighted by molar-refractivity contribution is -0.165. The Kier molecular flexibility index (Phi) is 7.56. The molecule has 0 saturated heterocycles. The smallest absolute Gasteiger partial charge is 0.335 e. The molecule has 1 fully saturated rings. The van der Waals surface area contributed by atoms with Crippen molar-refractivity contribution in [3.8, 4) is 0 Å². The van der Waals surface area contributed by atoms with E-state index in [1.807, 2.05) is 0 Å². The lowest BCUT2D eigenvalue weighted by Crippen LogP contribution is -2.46. The van der Waals surface area contributed by atoms with E-state index in [1.165, 1.54) is 12.1 Å². The van der Waals surface area contributed by atoms with E-state index in [1.54, 1.807) is 18.2 Å². The van der Waals surface area contributed by atoms with Crippen LogP contribution >= 0.6 is 0 Å². The minimum atomic E-state index is -2.83. The molecule has 0 aromatic heterocycles. The summed E-state index contributed by atoms with van der Waals surface area (Å²) in [7, 11) is 0. The molecule has 0 bridgehead atoms.